The SMILES string of the molecule is Fc1cccc(CC2=CC(Cl)=CCC2)c1. The summed E-state index contributed by atoms with van der Waals surface area (Å²) in [6.45, 7) is 0. The zero-order valence-corrected chi connectivity index (χ0v) is 9.10. The molecule has 1 aliphatic rings. The van der Waals surface area contributed by atoms with Gasteiger partial charge in [-0.1, -0.05) is 35.4 Å². The van der Waals surface area contributed by atoms with Crippen molar-refractivity contribution < 1.29 is 4.39 Å². The molecule has 78 valence electrons. The minimum absolute atomic E-state index is 0.175. The topological polar surface area (TPSA) is 0 Å². The van der Waals surface area contributed by atoms with Crippen LogP contribution in [0.15, 0.2) is 47.0 Å². The number of benzene rings is 1. The second-order valence-electron chi connectivity index (χ2n) is 3.74. The molecule has 0 radical (unpaired) electrons. The van der Waals surface area contributed by atoms with Crippen LogP contribution < -0.4 is 0 Å². The second kappa shape index (κ2) is 4.63. The Bertz CT molecular complexity index is 418. The Morgan fingerprint density at radius 3 is 2.93 bits per heavy atom. The number of hydrogen-bond donors (Lipinski definition) is 0. The third-order valence-corrected chi connectivity index (χ3v) is 2.73. The third kappa shape index (κ3) is 2.93. The molecule has 0 atom stereocenters. The molecule has 15 heavy (non-hydrogen) atoms. The molecule has 2 rings (SSSR count). The first-order valence-electron chi connectivity index (χ1n) is 5.03. The van der Waals surface area contributed by atoms with Crippen molar-refractivity contribution >= 4 is 11.6 Å². The fraction of sp³-hybridized carbons (Fsp3) is 0.231. The predicted octanol–water partition coefficient (Wildman–Crippen LogP) is 4.21. The van der Waals surface area contributed by atoms with Crippen molar-refractivity contribution in [2.75, 3.05) is 0 Å². The molecule has 0 spiro atoms. The Morgan fingerprint density at radius 2 is 2.20 bits per heavy atom. The van der Waals surface area contributed by atoms with Crippen LogP contribution in [-0.4, -0.2) is 0 Å². The number of allylic oxidation sites excluding steroid dienone is 4. The van der Waals surface area contributed by atoms with E-state index in [2.05, 4.69) is 0 Å². The van der Waals surface area contributed by atoms with Crippen LogP contribution in [0.3, 0.4) is 0 Å². The van der Waals surface area contributed by atoms with Gasteiger partial charge in [-0.3, -0.25) is 0 Å². The first kappa shape index (κ1) is 10.4. The van der Waals surface area contributed by atoms with Gasteiger partial charge in [0.15, 0.2) is 0 Å². The Hall–Kier alpha value is -1.08. The number of hydrogen-bond acceptors (Lipinski definition) is 0. The summed E-state index contributed by atoms with van der Waals surface area (Å²) in [5.74, 6) is -0.175. The average molecular weight is 223 g/mol. The van der Waals surface area contributed by atoms with Gasteiger partial charge in [0, 0.05) is 5.03 Å². The van der Waals surface area contributed by atoms with Gasteiger partial charge in [-0.25, -0.2) is 4.39 Å². The summed E-state index contributed by atoms with van der Waals surface area (Å²) < 4.78 is 12.9. The third-order valence-electron chi connectivity index (χ3n) is 2.47. The van der Waals surface area contributed by atoms with E-state index in [1.54, 1.807) is 12.1 Å². The maximum Gasteiger partial charge on any atom is 0.123 e. The van der Waals surface area contributed by atoms with E-state index in [1.165, 1.54) is 11.6 Å². The highest BCUT2D eigenvalue weighted by Gasteiger charge is 2.05. The lowest BCUT2D eigenvalue weighted by Gasteiger charge is -2.10. The quantitative estimate of drug-likeness (QED) is 0.703. The Kier molecular flexibility index (Phi) is 3.22. The van der Waals surface area contributed by atoms with Crippen molar-refractivity contribution in [2.45, 2.75) is 19.3 Å². The van der Waals surface area contributed by atoms with Gasteiger partial charge in [-0.05, 0) is 43.0 Å². The van der Waals surface area contributed by atoms with Crippen LogP contribution in [0, 0.1) is 5.82 Å². The molecule has 2 heteroatoms. The maximum atomic E-state index is 12.9. The average Bonchev–Trinajstić information content (AvgIpc) is 2.17. The normalized spacial score (nSPS) is 15.9. The molecule has 0 saturated heterocycles. The summed E-state index contributed by atoms with van der Waals surface area (Å²) in [4.78, 5) is 0. The van der Waals surface area contributed by atoms with E-state index in [0.29, 0.717) is 0 Å². The Morgan fingerprint density at radius 1 is 1.33 bits per heavy atom. The van der Waals surface area contributed by atoms with Crippen molar-refractivity contribution in [3.63, 3.8) is 0 Å². The molecular weight excluding hydrogens is 211 g/mol. The van der Waals surface area contributed by atoms with Crippen molar-refractivity contribution in [2.24, 2.45) is 0 Å². The summed E-state index contributed by atoms with van der Waals surface area (Å²) in [6.07, 6.45) is 6.79. The molecule has 0 N–H and O–H groups in total. The minimum atomic E-state index is -0.175. The first-order valence-corrected chi connectivity index (χ1v) is 5.41. The molecule has 0 bridgehead atoms. The molecule has 0 heterocycles. The van der Waals surface area contributed by atoms with Crippen LogP contribution in [0.4, 0.5) is 4.39 Å². The van der Waals surface area contributed by atoms with E-state index in [1.807, 2.05) is 18.2 Å². The van der Waals surface area contributed by atoms with Crippen LogP contribution in [0.2, 0.25) is 0 Å². The van der Waals surface area contributed by atoms with E-state index < -0.39 is 0 Å². The first-order chi connectivity index (χ1) is 7.24. The van der Waals surface area contributed by atoms with E-state index >= 15 is 0 Å². The predicted molar refractivity (Wildman–Crippen MR) is 61.4 cm³/mol. The zero-order valence-electron chi connectivity index (χ0n) is 8.34. The standard InChI is InChI=1S/C13H12ClF/c14-12-5-1-3-10(8-12)7-11-4-2-6-13(15)9-11/h2,4-6,8-9H,1,3,7H2. The van der Waals surface area contributed by atoms with Crippen molar-refractivity contribution in [1.29, 1.82) is 0 Å². The summed E-state index contributed by atoms with van der Waals surface area (Å²) >= 11 is 5.92. The largest absolute Gasteiger partial charge is 0.207 e. The molecule has 0 amide bonds. The van der Waals surface area contributed by atoms with Crippen molar-refractivity contribution in [3.8, 4) is 0 Å². The summed E-state index contributed by atoms with van der Waals surface area (Å²) in [6, 6.07) is 6.72. The molecule has 1 aliphatic carbocycles. The van der Waals surface area contributed by atoms with Gasteiger partial charge < -0.3 is 0 Å². The van der Waals surface area contributed by atoms with Crippen LogP contribution in [-0.2, 0) is 6.42 Å². The molecule has 0 aliphatic heterocycles. The summed E-state index contributed by atoms with van der Waals surface area (Å²) in [5.41, 5.74) is 2.28. The fourth-order valence-corrected chi connectivity index (χ4v) is 2.03. The van der Waals surface area contributed by atoms with Gasteiger partial charge in [-0.2, -0.15) is 0 Å². The summed E-state index contributed by atoms with van der Waals surface area (Å²) in [5, 5.41) is 0.799. The van der Waals surface area contributed by atoms with Gasteiger partial charge in [0.05, 0.1) is 0 Å². The Labute approximate surface area is 94.1 Å². The van der Waals surface area contributed by atoms with Crippen molar-refractivity contribution in [1.82, 2.24) is 0 Å². The van der Waals surface area contributed by atoms with E-state index in [0.717, 1.165) is 29.9 Å². The van der Waals surface area contributed by atoms with Crippen LogP contribution in [0.25, 0.3) is 0 Å². The molecule has 0 aromatic heterocycles. The molecule has 1 aromatic carbocycles. The lowest BCUT2D eigenvalue weighted by molar-refractivity contribution is 0.625. The Balaban J connectivity index is 2.12. The van der Waals surface area contributed by atoms with E-state index in [4.69, 9.17) is 11.6 Å². The van der Waals surface area contributed by atoms with Crippen LogP contribution in [0.1, 0.15) is 18.4 Å². The highest BCUT2D eigenvalue weighted by Crippen LogP contribution is 2.23. The van der Waals surface area contributed by atoms with Gasteiger partial charge in [0.25, 0.3) is 0 Å². The van der Waals surface area contributed by atoms with Gasteiger partial charge in [0.1, 0.15) is 5.82 Å². The second-order valence-corrected chi connectivity index (χ2v) is 4.17. The van der Waals surface area contributed by atoms with Gasteiger partial charge >= 0.3 is 0 Å². The minimum Gasteiger partial charge on any atom is -0.207 e. The molecule has 0 unspecified atom stereocenters. The lowest BCUT2D eigenvalue weighted by atomic mass is 9.98. The maximum absolute atomic E-state index is 12.9. The molecule has 0 nitrogen and oxygen atoms in total. The van der Waals surface area contributed by atoms with E-state index in [9.17, 15) is 4.39 Å². The lowest BCUT2D eigenvalue weighted by Crippen LogP contribution is -1.95. The van der Waals surface area contributed by atoms with Gasteiger partial charge in [0.2, 0.25) is 0 Å². The number of halogens is 2. The highest BCUT2D eigenvalue weighted by molar-refractivity contribution is 6.31. The van der Waals surface area contributed by atoms with Crippen LogP contribution in [0.5, 0.6) is 0 Å². The molecule has 0 fully saturated rings. The summed E-state index contributed by atoms with van der Waals surface area (Å²) in [7, 11) is 0. The smallest absolute Gasteiger partial charge is 0.123 e. The molecule has 0 saturated carbocycles. The number of rotatable bonds is 2. The zero-order chi connectivity index (χ0) is 10.7. The highest BCUT2D eigenvalue weighted by atomic mass is 35.5. The van der Waals surface area contributed by atoms with Gasteiger partial charge in [-0.15, -0.1) is 0 Å². The van der Waals surface area contributed by atoms with Crippen LogP contribution >= 0.6 is 11.6 Å². The van der Waals surface area contributed by atoms with Crippen molar-refractivity contribution in [3.05, 3.63) is 58.4 Å². The fourth-order valence-electron chi connectivity index (χ4n) is 1.77. The molecule has 1 aromatic rings. The monoisotopic (exact) mass is 222 g/mol. The van der Waals surface area contributed by atoms with E-state index in [-0.39, 0.29) is 5.82 Å². The molecular formula is C13H12ClF.